The molecule has 1 aromatic heterocycles. The van der Waals surface area contributed by atoms with E-state index in [9.17, 15) is 4.79 Å². The Bertz CT molecular complexity index is 925. The lowest BCUT2D eigenvalue weighted by atomic mass is 10.1. The standard InChI is InChI=1S/C22H24N4O/c1-4-26(19-12-6-5-7-13-19)22-24-17(3)14-20(25-22)21(27)23-15-18-11-9-8-10-16(18)2/h5-14H,4,15H2,1-3H3,(H,23,27). The molecule has 5 heteroatoms. The topological polar surface area (TPSA) is 58.1 Å². The van der Waals surface area contributed by atoms with Crippen molar-refractivity contribution in [1.82, 2.24) is 15.3 Å². The Kier molecular flexibility index (Phi) is 5.81. The zero-order valence-corrected chi connectivity index (χ0v) is 15.9. The molecule has 0 saturated carbocycles. The van der Waals surface area contributed by atoms with E-state index in [4.69, 9.17) is 0 Å². The van der Waals surface area contributed by atoms with Crippen molar-refractivity contribution >= 4 is 17.5 Å². The summed E-state index contributed by atoms with van der Waals surface area (Å²) >= 11 is 0. The Morgan fingerprint density at radius 1 is 1.00 bits per heavy atom. The highest BCUT2D eigenvalue weighted by Gasteiger charge is 2.15. The summed E-state index contributed by atoms with van der Waals surface area (Å²) in [6.07, 6.45) is 0. The zero-order chi connectivity index (χ0) is 19.2. The fourth-order valence-electron chi connectivity index (χ4n) is 2.91. The van der Waals surface area contributed by atoms with E-state index in [2.05, 4.69) is 15.3 Å². The molecule has 0 spiro atoms. The molecule has 1 amide bonds. The zero-order valence-electron chi connectivity index (χ0n) is 15.9. The van der Waals surface area contributed by atoms with Gasteiger partial charge in [-0.05, 0) is 50.1 Å². The molecule has 0 radical (unpaired) electrons. The maximum atomic E-state index is 12.7. The van der Waals surface area contributed by atoms with Crippen LogP contribution in [-0.2, 0) is 6.54 Å². The normalized spacial score (nSPS) is 10.5. The molecule has 5 nitrogen and oxygen atoms in total. The molecule has 1 heterocycles. The van der Waals surface area contributed by atoms with Crippen LogP contribution >= 0.6 is 0 Å². The van der Waals surface area contributed by atoms with E-state index < -0.39 is 0 Å². The van der Waals surface area contributed by atoms with Gasteiger partial charge in [0.2, 0.25) is 5.95 Å². The van der Waals surface area contributed by atoms with Crippen molar-refractivity contribution < 1.29 is 4.79 Å². The monoisotopic (exact) mass is 360 g/mol. The third kappa shape index (κ3) is 4.50. The fraction of sp³-hybridized carbons (Fsp3) is 0.227. The molecular weight excluding hydrogens is 336 g/mol. The first-order valence-corrected chi connectivity index (χ1v) is 9.09. The molecule has 1 N–H and O–H groups in total. The van der Waals surface area contributed by atoms with Crippen LogP contribution in [0.4, 0.5) is 11.6 Å². The van der Waals surface area contributed by atoms with Crippen molar-refractivity contribution in [3.05, 3.63) is 83.2 Å². The van der Waals surface area contributed by atoms with Gasteiger partial charge >= 0.3 is 0 Å². The molecule has 0 saturated heterocycles. The second-order valence-electron chi connectivity index (χ2n) is 6.38. The number of nitrogens with one attached hydrogen (secondary N) is 1. The first-order chi connectivity index (χ1) is 13.1. The number of hydrogen-bond donors (Lipinski definition) is 1. The lowest BCUT2D eigenvalue weighted by Crippen LogP contribution is -2.26. The summed E-state index contributed by atoms with van der Waals surface area (Å²) in [5.74, 6) is 0.332. The third-order valence-electron chi connectivity index (χ3n) is 4.40. The van der Waals surface area contributed by atoms with Gasteiger partial charge in [0.1, 0.15) is 5.69 Å². The van der Waals surface area contributed by atoms with Crippen molar-refractivity contribution in [1.29, 1.82) is 0 Å². The van der Waals surface area contributed by atoms with E-state index >= 15 is 0 Å². The number of para-hydroxylation sites is 1. The number of carbonyl (C=O) groups excluding carboxylic acids is 1. The average Bonchev–Trinajstić information content (AvgIpc) is 2.68. The minimum Gasteiger partial charge on any atom is -0.347 e. The molecule has 138 valence electrons. The number of aromatic nitrogens is 2. The van der Waals surface area contributed by atoms with Crippen molar-refractivity contribution in [2.24, 2.45) is 0 Å². The van der Waals surface area contributed by atoms with Crippen molar-refractivity contribution in [2.45, 2.75) is 27.3 Å². The Labute approximate surface area is 160 Å². The van der Waals surface area contributed by atoms with Crippen LogP contribution in [0, 0.1) is 13.8 Å². The number of amides is 1. The summed E-state index contributed by atoms with van der Waals surface area (Å²) in [6.45, 7) is 7.13. The molecule has 2 aromatic carbocycles. The summed E-state index contributed by atoms with van der Waals surface area (Å²) in [5, 5.41) is 2.96. The minimum absolute atomic E-state index is 0.200. The first kappa shape index (κ1) is 18.6. The molecule has 3 rings (SSSR count). The molecule has 0 atom stereocenters. The molecule has 0 unspecified atom stereocenters. The SMILES string of the molecule is CCN(c1ccccc1)c1nc(C)cc(C(=O)NCc2ccccc2C)n1. The van der Waals surface area contributed by atoms with Gasteiger partial charge < -0.3 is 10.2 Å². The Morgan fingerprint density at radius 2 is 1.70 bits per heavy atom. The van der Waals surface area contributed by atoms with Gasteiger partial charge in [0.05, 0.1) is 0 Å². The van der Waals surface area contributed by atoms with Crippen LogP contribution in [0.5, 0.6) is 0 Å². The van der Waals surface area contributed by atoms with Crippen LogP contribution in [0.3, 0.4) is 0 Å². The molecule has 0 aliphatic carbocycles. The number of aryl methyl sites for hydroxylation is 2. The lowest BCUT2D eigenvalue weighted by Gasteiger charge is -2.21. The minimum atomic E-state index is -0.200. The van der Waals surface area contributed by atoms with E-state index in [1.807, 2.05) is 80.3 Å². The Balaban J connectivity index is 1.82. The first-order valence-electron chi connectivity index (χ1n) is 9.09. The summed E-state index contributed by atoms with van der Waals surface area (Å²) in [6, 6.07) is 19.7. The summed E-state index contributed by atoms with van der Waals surface area (Å²) < 4.78 is 0. The Hall–Kier alpha value is -3.21. The van der Waals surface area contributed by atoms with Gasteiger partial charge in [0.25, 0.3) is 5.91 Å². The van der Waals surface area contributed by atoms with Crippen molar-refractivity contribution in [3.8, 4) is 0 Å². The maximum absolute atomic E-state index is 12.7. The highest BCUT2D eigenvalue weighted by Crippen LogP contribution is 2.22. The molecule has 3 aromatic rings. The summed E-state index contributed by atoms with van der Waals surface area (Å²) in [5.41, 5.74) is 4.38. The van der Waals surface area contributed by atoms with Crippen LogP contribution < -0.4 is 10.2 Å². The molecular formula is C22H24N4O. The molecule has 0 aliphatic heterocycles. The number of anilines is 2. The van der Waals surface area contributed by atoms with E-state index in [-0.39, 0.29) is 5.91 Å². The average molecular weight is 360 g/mol. The van der Waals surface area contributed by atoms with E-state index in [1.165, 1.54) is 0 Å². The van der Waals surface area contributed by atoms with Gasteiger partial charge in [-0.1, -0.05) is 42.5 Å². The second-order valence-corrected chi connectivity index (χ2v) is 6.38. The van der Waals surface area contributed by atoms with Gasteiger partial charge in [-0.15, -0.1) is 0 Å². The largest absolute Gasteiger partial charge is 0.347 e. The number of rotatable bonds is 6. The van der Waals surface area contributed by atoms with Gasteiger partial charge in [-0.2, -0.15) is 0 Å². The number of nitrogens with zero attached hydrogens (tertiary/aromatic N) is 3. The van der Waals surface area contributed by atoms with Gasteiger partial charge in [-0.25, -0.2) is 9.97 Å². The van der Waals surface area contributed by atoms with Gasteiger partial charge in [0.15, 0.2) is 0 Å². The molecule has 0 fully saturated rings. The maximum Gasteiger partial charge on any atom is 0.270 e. The van der Waals surface area contributed by atoms with Gasteiger partial charge in [0, 0.05) is 24.5 Å². The number of carbonyl (C=O) groups is 1. The molecule has 0 aliphatic rings. The third-order valence-corrected chi connectivity index (χ3v) is 4.40. The quantitative estimate of drug-likeness (QED) is 0.716. The Morgan fingerprint density at radius 3 is 2.41 bits per heavy atom. The summed E-state index contributed by atoms with van der Waals surface area (Å²) in [4.78, 5) is 23.7. The van der Waals surface area contributed by atoms with Crippen LogP contribution in [0.15, 0.2) is 60.7 Å². The molecule has 27 heavy (non-hydrogen) atoms. The predicted molar refractivity (Wildman–Crippen MR) is 108 cm³/mol. The smallest absolute Gasteiger partial charge is 0.270 e. The number of benzene rings is 2. The van der Waals surface area contributed by atoms with E-state index in [0.717, 1.165) is 22.5 Å². The van der Waals surface area contributed by atoms with Gasteiger partial charge in [-0.3, -0.25) is 4.79 Å². The lowest BCUT2D eigenvalue weighted by molar-refractivity contribution is 0.0945. The van der Waals surface area contributed by atoms with Crippen molar-refractivity contribution in [3.63, 3.8) is 0 Å². The molecule has 0 bridgehead atoms. The predicted octanol–water partition coefficient (Wildman–Crippen LogP) is 4.18. The van der Waals surface area contributed by atoms with Crippen LogP contribution in [0.25, 0.3) is 0 Å². The highest BCUT2D eigenvalue weighted by atomic mass is 16.1. The highest BCUT2D eigenvalue weighted by molar-refractivity contribution is 5.92. The fourth-order valence-corrected chi connectivity index (χ4v) is 2.91. The second kappa shape index (κ2) is 8.45. The van der Waals surface area contributed by atoms with E-state index in [0.29, 0.717) is 24.7 Å². The number of hydrogen-bond acceptors (Lipinski definition) is 4. The van der Waals surface area contributed by atoms with Crippen LogP contribution in [0.2, 0.25) is 0 Å². The van der Waals surface area contributed by atoms with Crippen LogP contribution in [0.1, 0.15) is 34.2 Å². The van der Waals surface area contributed by atoms with Crippen LogP contribution in [-0.4, -0.2) is 22.4 Å². The van der Waals surface area contributed by atoms with Crippen molar-refractivity contribution in [2.75, 3.05) is 11.4 Å². The summed E-state index contributed by atoms with van der Waals surface area (Å²) in [7, 11) is 0. The van der Waals surface area contributed by atoms with E-state index in [1.54, 1.807) is 6.07 Å².